The van der Waals surface area contributed by atoms with Crippen LogP contribution in [0.5, 0.6) is 5.75 Å². The van der Waals surface area contributed by atoms with Crippen LogP contribution in [-0.2, 0) is 5.88 Å². The second-order valence-corrected chi connectivity index (χ2v) is 4.29. The van der Waals surface area contributed by atoms with Crippen LogP contribution in [0.25, 0.3) is 0 Å². The summed E-state index contributed by atoms with van der Waals surface area (Å²) in [6.07, 6.45) is 0. The van der Waals surface area contributed by atoms with Crippen molar-refractivity contribution in [1.82, 2.24) is 10.2 Å². The van der Waals surface area contributed by atoms with E-state index in [1.807, 2.05) is 24.3 Å². The molecule has 1 aromatic carbocycles. The molecule has 0 aliphatic rings. The summed E-state index contributed by atoms with van der Waals surface area (Å²) in [5, 5.41) is 12.5. The van der Waals surface area contributed by atoms with Gasteiger partial charge in [-0.05, 0) is 12.1 Å². The van der Waals surface area contributed by atoms with Gasteiger partial charge in [0.05, 0.1) is 18.7 Å². The maximum Gasteiger partial charge on any atom is 0.210 e. The monoisotopic (exact) mass is 255 g/mol. The standard InChI is InChI=1S/C10H10ClN3OS/c1-15-8-5-3-2-4-7(8)12-10-14-13-9(6-11)16-10/h2-5H,6H2,1H3,(H,12,14). The summed E-state index contributed by atoms with van der Waals surface area (Å²) in [5.41, 5.74) is 0.863. The number of aromatic nitrogens is 2. The molecule has 0 amide bonds. The Kier molecular flexibility index (Phi) is 3.58. The summed E-state index contributed by atoms with van der Waals surface area (Å²) < 4.78 is 5.22. The average molecular weight is 256 g/mol. The Balaban J connectivity index is 2.19. The zero-order valence-electron chi connectivity index (χ0n) is 8.61. The van der Waals surface area contributed by atoms with E-state index in [2.05, 4.69) is 15.5 Å². The molecule has 0 aliphatic carbocycles. The van der Waals surface area contributed by atoms with Crippen molar-refractivity contribution in [1.29, 1.82) is 0 Å². The fourth-order valence-electron chi connectivity index (χ4n) is 1.22. The van der Waals surface area contributed by atoms with E-state index in [4.69, 9.17) is 16.3 Å². The van der Waals surface area contributed by atoms with Crippen molar-refractivity contribution in [2.75, 3.05) is 12.4 Å². The first kappa shape index (κ1) is 11.2. The molecule has 2 aromatic rings. The van der Waals surface area contributed by atoms with Crippen molar-refractivity contribution in [3.8, 4) is 5.75 Å². The Labute approximate surface area is 102 Å². The number of halogens is 1. The Hall–Kier alpha value is -1.33. The second-order valence-electron chi connectivity index (χ2n) is 2.96. The third-order valence-corrected chi connectivity index (χ3v) is 3.18. The first-order valence-electron chi connectivity index (χ1n) is 4.62. The van der Waals surface area contributed by atoms with Crippen molar-refractivity contribution < 1.29 is 4.74 Å². The Morgan fingerprint density at radius 2 is 2.19 bits per heavy atom. The third-order valence-electron chi connectivity index (χ3n) is 1.93. The topological polar surface area (TPSA) is 47.0 Å². The van der Waals surface area contributed by atoms with Crippen molar-refractivity contribution in [3.05, 3.63) is 29.3 Å². The van der Waals surface area contributed by atoms with Gasteiger partial charge in [0.2, 0.25) is 5.13 Å². The van der Waals surface area contributed by atoms with Crippen LogP contribution in [0.1, 0.15) is 5.01 Å². The minimum absolute atomic E-state index is 0.380. The number of para-hydroxylation sites is 2. The Morgan fingerprint density at radius 1 is 1.38 bits per heavy atom. The highest BCUT2D eigenvalue weighted by Crippen LogP contribution is 2.28. The van der Waals surface area contributed by atoms with Gasteiger partial charge in [-0.15, -0.1) is 21.8 Å². The van der Waals surface area contributed by atoms with Gasteiger partial charge in [0.1, 0.15) is 10.8 Å². The van der Waals surface area contributed by atoms with Crippen LogP contribution in [0.4, 0.5) is 10.8 Å². The minimum atomic E-state index is 0.380. The normalized spacial score (nSPS) is 10.1. The molecule has 0 bridgehead atoms. The number of benzene rings is 1. The van der Waals surface area contributed by atoms with Gasteiger partial charge in [0.25, 0.3) is 0 Å². The maximum absolute atomic E-state index is 5.66. The molecule has 4 nitrogen and oxygen atoms in total. The fraction of sp³-hybridized carbons (Fsp3) is 0.200. The van der Waals surface area contributed by atoms with Gasteiger partial charge in [-0.3, -0.25) is 0 Å². The van der Waals surface area contributed by atoms with E-state index in [9.17, 15) is 0 Å². The molecule has 84 valence electrons. The predicted octanol–water partition coefficient (Wildman–Crippen LogP) is 3.03. The van der Waals surface area contributed by atoms with Crippen LogP contribution < -0.4 is 10.1 Å². The third kappa shape index (κ3) is 2.43. The molecule has 1 N–H and O–H groups in total. The molecule has 0 saturated heterocycles. The number of alkyl halides is 1. The van der Waals surface area contributed by atoms with E-state index in [-0.39, 0.29) is 0 Å². The number of hydrogen-bond donors (Lipinski definition) is 1. The van der Waals surface area contributed by atoms with Crippen LogP contribution in [0, 0.1) is 0 Å². The van der Waals surface area contributed by atoms with Gasteiger partial charge in [-0.2, -0.15) is 0 Å². The zero-order valence-corrected chi connectivity index (χ0v) is 10.2. The molecule has 1 aromatic heterocycles. The lowest BCUT2D eigenvalue weighted by Gasteiger charge is -2.07. The molecule has 0 atom stereocenters. The molecular formula is C10H10ClN3OS. The molecular weight excluding hydrogens is 246 g/mol. The minimum Gasteiger partial charge on any atom is -0.495 e. The fourth-order valence-corrected chi connectivity index (χ4v) is 2.04. The van der Waals surface area contributed by atoms with Gasteiger partial charge in [0.15, 0.2) is 0 Å². The molecule has 0 spiro atoms. The molecule has 16 heavy (non-hydrogen) atoms. The van der Waals surface area contributed by atoms with E-state index >= 15 is 0 Å². The van der Waals surface area contributed by atoms with Crippen molar-refractivity contribution >= 4 is 33.8 Å². The molecule has 6 heteroatoms. The summed E-state index contributed by atoms with van der Waals surface area (Å²) in [4.78, 5) is 0. The molecule has 0 aliphatic heterocycles. The zero-order chi connectivity index (χ0) is 11.4. The first-order chi connectivity index (χ1) is 7.83. The molecule has 0 radical (unpaired) electrons. The number of rotatable bonds is 4. The number of hydrogen-bond acceptors (Lipinski definition) is 5. The Morgan fingerprint density at radius 3 is 2.88 bits per heavy atom. The summed E-state index contributed by atoms with van der Waals surface area (Å²) >= 11 is 7.08. The predicted molar refractivity (Wildman–Crippen MR) is 65.7 cm³/mol. The van der Waals surface area contributed by atoms with E-state index in [1.54, 1.807) is 7.11 Å². The Bertz CT molecular complexity index is 475. The highest BCUT2D eigenvalue weighted by molar-refractivity contribution is 7.15. The molecule has 2 rings (SSSR count). The summed E-state index contributed by atoms with van der Waals surface area (Å²) in [7, 11) is 1.63. The summed E-state index contributed by atoms with van der Waals surface area (Å²) in [5.74, 6) is 1.15. The molecule has 1 heterocycles. The van der Waals surface area contributed by atoms with Crippen LogP contribution in [0.3, 0.4) is 0 Å². The van der Waals surface area contributed by atoms with Crippen LogP contribution in [-0.4, -0.2) is 17.3 Å². The summed E-state index contributed by atoms with van der Waals surface area (Å²) in [6.45, 7) is 0. The van der Waals surface area contributed by atoms with Crippen LogP contribution >= 0.6 is 22.9 Å². The average Bonchev–Trinajstić information content (AvgIpc) is 2.77. The van der Waals surface area contributed by atoms with Crippen molar-refractivity contribution in [2.45, 2.75) is 5.88 Å². The number of ether oxygens (including phenoxy) is 1. The van der Waals surface area contributed by atoms with Crippen molar-refractivity contribution in [3.63, 3.8) is 0 Å². The number of nitrogens with one attached hydrogen (secondary N) is 1. The highest BCUT2D eigenvalue weighted by atomic mass is 35.5. The lowest BCUT2D eigenvalue weighted by molar-refractivity contribution is 0.417. The quantitative estimate of drug-likeness (QED) is 0.853. The van der Waals surface area contributed by atoms with E-state index in [0.717, 1.165) is 16.4 Å². The largest absolute Gasteiger partial charge is 0.495 e. The number of anilines is 2. The van der Waals surface area contributed by atoms with Gasteiger partial charge < -0.3 is 10.1 Å². The molecule has 0 saturated carbocycles. The van der Waals surface area contributed by atoms with Gasteiger partial charge in [-0.1, -0.05) is 23.5 Å². The molecule has 0 unspecified atom stereocenters. The smallest absolute Gasteiger partial charge is 0.210 e. The SMILES string of the molecule is COc1ccccc1Nc1nnc(CCl)s1. The van der Waals surface area contributed by atoms with Crippen LogP contribution in [0.15, 0.2) is 24.3 Å². The van der Waals surface area contributed by atoms with E-state index in [1.165, 1.54) is 11.3 Å². The first-order valence-corrected chi connectivity index (χ1v) is 5.97. The number of nitrogens with zero attached hydrogens (tertiary/aromatic N) is 2. The maximum atomic E-state index is 5.66. The van der Waals surface area contributed by atoms with Gasteiger partial charge in [0, 0.05) is 0 Å². The van der Waals surface area contributed by atoms with Crippen molar-refractivity contribution in [2.24, 2.45) is 0 Å². The van der Waals surface area contributed by atoms with Gasteiger partial charge in [-0.25, -0.2) is 0 Å². The lowest BCUT2D eigenvalue weighted by atomic mass is 10.3. The highest BCUT2D eigenvalue weighted by Gasteiger charge is 2.06. The lowest BCUT2D eigenvalue weighted by Crippen LogP contribution is -1.93. The molecule has 0 fully saturated rings. The van der Waals surface area contributed by atoms with E-state index in [0.29, 0.717) is 11.0 Å². The summed E-state index contributed by atoms with van der Waals surface area (Å²) in [6, 6.07) is 7.63. The van der Waals surface area contributed by atoms with Crippen LogP contribution in [0.2, 0.25) is 0 Å². The van der Waals surface area contributed by atoms with E-state index < -0.39 is 0 Å². The second kappa shape index (κ2) is 5.14. The van der Waals surface area contributed by atoms with Gasteiger partial charge >= 0.3 is 0 Å². The number of methoxy groups -OCH3 is 1.